The molecular weight excluding hydrogens is 376 g/mol. The summed E-state index contributed by atoms with van der Waals surface area (Å²) in [6, 6.07) is 20.7. The molecule has 0 aliphatic rings. The molecule has 0 unspecified atom stereocenters. The molecule has 0 N–H and O–H groups in total. The lowest BCUT2D eigenvalue weighted by molar-refractivity contribution is -0.140. The van der Waals surface area contributed by atoms with E-state index in [9.17, 15) is 9.59 Å². The molecule has 2 aromatic rings. The standard InChI is InChI=1S/C26H32O4/c27-25(29-21-11-3-9-17-23-13-5-1-6-14-23)19-20-26(28)30-22-12-4-10-18-24-15-7-2-8-16-24/h1-2,5-8,13-16,19-20H,3-4,9-12,17-18,21-22H2/b20-19-. The average Bonchev–Trinajstić information content (AvgIpc) is 2.78. The Morgan fingerprint density at radius 2 is 0.967 bits per heavy atom. The summed E-state index contributed by atoms with van der Waals surface area (Å²) in [7, 11) is 0. The second-order valence-electron chi connectivity index (χ2n) is 7.26. The van der Waals surface area contributed by atoms with Crippen LogP contribution in [0.1, 0.15) is 49.7 Å². The summed E-state index contributed by atoms with van der Waals surface area (Å²) in [5.74, 6) is -1.00. The third-order valence-electron chi connectivity index (χ3n) is 4.75. The molecule has 0 radical (unpaired) electrons. The van der Waals surface area contributed by atoms with Gasteiger partial charge in [-0.25, -0.2) is 9.59 Å². The highest BCUT2D eigenvalue weighted by Gasteiger charge is 2.02. The molecule has 2 rings (SSSR count). The number of hydrogen-bond acceptors (Lipinski definition) is 4. The normalized spacial score (nSPS) is 10.8. The van der Waals surface area contributed by atoms with Crippen LogP contribution in [0.25, 0.3) is 0 Å². The van der Waals surface area contributed by atoms with Crippen LogP contribution < -0.4 is 0 Å². The molecule has 0 heterocycles. The highest BCUT2D eigenvalue weighted by molar-refractivity contribution is 5.91. The molecule has 0 aromatic heterocycles. The van der Waals surface area contributed by atoms with Crippen LogP contribution in [0.3, 0.4) is 0 Å². The fourth-order valence-corrected chi connectivity index (χ4v) is 3.08. The molecule has 2 aromatic carbocycles. The van der Waals surface area contributed by atoms with Gasteiger partial charge in [-0.3, -0.25) is 0 Å². The van der Waals surface area contributed by atoms with Crippen molar-refractivity contribution < 1.29 is 19.1 Å². The van der Waals surface area contributed by atoms with Gasteiger partial charge in [0.2, 0.25) is 0 Å². The Morgan fingerprint density at radius 3 is 1.37 bits per heavy atom. The van der Waals surface area contributed by atoms with Gasteiger partial charge < -0.3 is 9.47 Å². The smallest absolute Gasteiger partial charge is 0.331 e. The minimum atomic E-state index is -0.502. The fraction of sp³-hybridized carbons (Fsp3) is 0.385. The molecule has 30 heavy (non-hydrogen) atoms. The van der Waals surface area contributed by atoms with Gasteiger partial charge in [0.15, 0.2) is 0 Å². The third-order valence-corrected chi connectivity index (χ3v) is 4.75. The first-order valence-corrected chi connectivity index (χ1v) is 10.8. The molecule has 0 saturated carbocycles. The molecule has 0 spiro atoms. The second kappa shape index (κ2) is 15.0. The van der Waals surface area contributed by atoms with E-state index in [1.54, 1.807) is 0 Å². The largest absolute Gasteiger partial charge is 0.463 e. The summed E-state index contributed by atoms with van der Waals surface area (Å²) in [5.41, 5.74) is 2.65. The summed E-state index contributed by atoms with van der Waals surface area (Å²) in [6.45, 7) is 0.739. The van der Waals surface area contributed by atoms with E-state index in [-0.39, 0.29) is 0 Å². The van der Waals surface area contributed by atoms with Crippen LogP contribution in [0.4, 0.5) is 0 Å². The SMILES string of the molecule is O=C(/C=C\C(=O)OCCCCCc1ccccc1)OCCCCCc1ccccc1. The van der Waals surface area contributed by atoms with Gasteiger partial charge in [-0.2, -0.15) is 0 Å². The van der Waals surface area contributed by atoms with Gasteiger partial charge in [-0.05, 0) is 62.5 Å². The molecule has 0 aliphatic carbocycles. The number of carbonyl (C=O) groups excluding carboxylic acids is 2. The van der Waals surface area contributed by atoms with Crippen molar-refractivity contribution in [3.63, 3.8) is 0 Å². The number of carbonyl (C=O) groups is 2. The van der Waals surface area contributed by atoms with Gasteiger partial charge >= 0.3 is 11.9 Å². The predicted octanol–water partition coefficient (Wildman–Crippen LogP) is 5.46. The van der Waals surface area contributed by atoms with E-state index in [1.165, 1.54) is 11.1 Å². The van der Waals surface area contributed by atoms with E-state index in [1.807, 2.05) is 36.4 Å². The molecule has 0 atom stereocenters. The maximum atomic E-state index is 11.6. The van der Waals surface area contributed by atoms with Crippen molar-refractivity contribution in [1.29, 1.82) is 0 Å². The molecular formula is C26H32O4. The Balaban J connectivity index is 1.42. The number of unbranched alkanes of at least 4 members (excludes halogenated alkanes) is 4. The van der Waals surface area contributed by atoms with Crippen LogP contribution in [0.2, 0.25) is 0 Å². The van der Waals surface area contributed by atoms with E-state index in [2.05, 4.69) is 24.3 Å². The summed E-state index contributed by atoms with van der Waals surface area (Å²) in [5, 5.41) is 0. The van der Waals surface area contributed by atoms with E-state index < -0.39 is 11.9 Å². The zero-order valence-corrected chi connectivity index (χ0v) is 17.6. The van der Waals surface area contributed by atoms with Crippen molar-refractivity contribution in [2.45, 2.75) is 51.4 Å². The van der Waals surface area contributed by atoms with E-state index in [0.29, 0.717) is 13.2 Å². The number of ether oxygens (including phenoxy) is 2. The maximum absolute atomic E-state index is 11.6. The summed E-state index contributed by atoms with van der Waals surface area (Å²) in [4.78, 5) is 23.3. The number of aryl methyl sites for hydroxylation is 2. The van der Waals surface area contributed by atoms with Crippen molar-refractivity contribution >= 4 is 11.9 Å². The minimum Gasteiger partial charge on any atom is -0.463 e. The third kappa shape index (κ3) is 11.2. The van der Waals surface area contributed by atoms with Crippen molar-refractivity contribution in [2.24, 2.45) is 0 Å². The monoisotopic (exact) mass is 408 g/mol. The Labute approximate surface area is 179 Å². The molecule has 0 amide bonds. The number of rotatable bonds is 14. The lowest BCUT2D eigenvalue weighted by Gasteiger charge is -2.04. The van der Waals surface area contributed by atoms with Gasteiger partial charge in [0.05, 0.1) is 13.2 Å². The Hall–Kier alpha value is -2.88. The van der Waals surface area contributed by atoms with Crippen LogP contribution in [-0.2, 0) is 31.9 Å². The lowest BCUT2D eigenvalue weighted by Crippen LogP contribution is -2.06. The van der Waals surface area contributed by atoms with Gasteiger partial charge in [0, 0.05) is 12.2 Å². The first kappa shape index (κ1) is 23.4. The van der Waals surface area contributed by atoms with Crippen LogP contribution in [0.5, 0.6) is 0 Å². The zero-order valence-electron chi connectivity index (χ0n) is 17.6. The van der Waals surface area contributed by atoms with Gasteiger partial charge in [0.1, 0.15) is 0 Å². The fourth-order valence-electron chi connectivity index (χ4n) is 3.08. The van der Waals surface area contributed by atoms with Gasteiger partial charge in [-0.1, -0.05) is 60.7 Å². The topological polar surface area (TPSA) is 52.6 Å². The molecule has 0 saturated heterocycles. The van der Waals surface area contributed by atoms with Gasteiger partial charge in [-0.15, -0.1) is 0 Å². The number of hydrogen-bond donors (Lipinski definition) is 0. The molecule has 0 fully saturated rings. The van der Waals surface area contributed by atoms with Crippen molar-refractivity contribution in [1.82, 2.24) is 0 Å². The Morgan fingerprint density at radius 1 is 0.567 bits per heavy atom. The van der Waals surface area contributed by atoms with E-state index >= 15 is 0 Å². The van der Waals surface area contributed by atoms with Crippen molar-refractivity contribution in [2.75, 3.05) is 13.2 Å². The van der Waals surface area contributed by atoms with Crippen LogP contribution in [-0.4, -0.2) is 25.2 Å². The zero-order chi connectivity index (χ0) is 21.3. The first-order valence-electron chi connectivity index (χ1n) is 10.8. The minimum absolute atomic E-state index is 0.369. The second-order valence-corrected chi connectivity index (χ2v) is 7.26. The predicted molar refractivity (Wildman–Crippen MR) is 119 cm³/mol. The number of benzene rings is 2. The summed E-state index contributed by atoms with van der Waals surface area (Å²) < 4.78 is 10.2. The Bertz CT molecular complexity index is 688. The number of esters is 2. The molecule has 0 bridgehead atoms. The Kier molecular flexibility index (Phi) is 11.7. The highest BCUT2D eigenvalue weighted by atomic mass is 16.5. The summed E-state index contributed by atoms with van der Waals surface area (Å²) >= 11 is 0. The average molecular weight is 409 g/mol. The molecule has 4 heteroatoms. The van der Waals surface area contributed by atoms with E-state index in [0.717, 1.165) is 63.5 Å². The lowest BCUT2D eigenvalue weighted by atomic mass is 10.1. The quantitative estimate of drug-likeness (QED) is 0.237. The van der Waals surface area contributed by atoms with Crippen molar-refractivity contribution in [3.05, 3.63) is 83.9 Å². The summed E-state index contributed by atoms with van der Waals surface area (Å²) in [6.07, 6.45) is 10.1. The van der Waals surface area contributed by atoms with Crippen LogP contribution in [0.15, 0.2) is 72.8 Å². The van der Waals surface area contributed by atoms with E-state index in [4.69, 9.17) is 9.47 Å². The maximum Gasteiger partial charge on any atom is 0.331 e. The van der Waals surface area contributed by atoms with Crippen molar-refractivity contribution in [3.8, 4) is 0 Å². The molecule has 4 nitrogen and oxygen atoms in total. The first-order chi connectivity index (χ1) is 14.7. The highest BCUT2D eigenvalue weighted by Crippen LogP contribution is 2.07. The van der Waals surface area contributed by atoms with Gasteiger partial charge in [0.25, 0.3) is 0 Å². The van der Waals surface area contributed by atoms with Crippen LogP contribution in [0, 0.1) is 0 Å². The van der Waals surface area contributed by atoms with Crippen LogP contribution >= 0.6 is 0 Å². The molecule has 160 valence electrons. The molecule has 0 aliphatic heterocycles.